The van der Waals surface area contributed by atoms with E-state index in [9.17, 15) is 14.4 Å². The topological polar surface area (TPSA) is 177 Å². The Kier molecular flexibility index (Phi) is 9.24. The maximum atomic E-state index is 13.3. The molecule has 13 nitrogen and oxygen atoms in total. The number of hydrogen-bond acceptors (Lipinski definition) is 11. The normalized spacial score (nSPS) is 20.1. The first-order valence-corrected chi connectivity index (χ1v) is 14.2. The summed E-state index contributed by atoms with van der Waals surface area (Å²) in [5.74, 6) is 0.563. The van der Waals surface area contributed by atoms with Crippen LogP contribution < -0.4 is 26.0 Å². The fourth-order valence-electron chi connectivity index (χ4n) is 4.73. The molecule has 3 atom stereocenters. The molecule has 1 saturated heterocycles. The quantitative estimate of drug-likeness (QED) is 0.233. The number of aromatic nitrogens is 3. The van der Waals surface area contributed by atoms with Crippen LogP contribution in [0.3, 0.4) is 0 Å². The highest BCUT2D eigenvalue weighted by atomic mass is 32.2. The molecule has 3 aromatic rings. The number of hydrogen-bond donors (Lipinski definition) is 5. The molecular weight excluding hydrogens is 550 g/mol. The molecule has 5 rings (SSSR count). The Labute approximate surface area is 240 Å². The second kappa shape index (κ2) is 13.2. The van der Waals surface area contributed by atoms with Crippen molar-refractivity contribution in [3.05, 3.63) is 42.2 Å². The van der Waals surface area contributed by atoms with Gasteiger partial charge in [-0.25, -0.2) is 9.97 Å². The van der Waals surface area contributed by atoms with Crippen LogP contribution in [0.5, 0.6) is 5.88 Å². The third kappa shape index (κ3) is 7.08. The lowest BCUT2D eigenvalue weighted by Crippen LogP contribution is -2.51. The van der Waals surface area contributed by atoms with Crippen LogP contribution in [0.15, 0.2) is 41.4 Å². The van der Waals surface area contributed by atoms with E-state index in [1.807, 2.05) is 12.1 Å². The van der Waals surface area contributed by atoms with Crippen LogP contribution in [-0.4, -0.2) is 82.0 Å². The van der Waals surface area contributed by atoms with Crippen LogP contribution in [0, 0.1) is 0 Å². The van der Waals surface area contributed by atoms with E-state index in [4.69, 9.17) is 14.6 Å². The van der Waals surface area contributed by atoms with E-state index >= 15 is 0 Å². The number of carbonyl (C=O) groups excluding carboxylic acids is 3. The average molecular weight is 582 g/mol. The summed E-state index contributed by atoms with van der Waals surface area (Å²) >= 11 is 1.44. The average Bonchev–Trinajstić information content (AvgIpc) is 2.99. The summed E-state index contributed by atoms with van der Waals surface area (Å²) in [5, 5.41) is 20.8. The molecule has 5 heterocycles. The molecule has 0 saturated carbocycles. The SMILES string of the molecule is COc1ccc2nccc(NC(=O)[C@H]3CCC(NCc4ccc5c(n4)NC(=O)CS5)[C@H](CC(=O)NCCO)O3)c2n1. The van der Waals surface area contributed by atoms with E-state index in [-0.39, 0.29) is 43.3 Å². The Balaban J connectivity index is 1.27. The summed E-state index contributed by atoms with van der Waals surface area (Å²) in [6, 6.07) is 8.68. The number of aliphatic hydroxyl groups is 1. The van der Waals surface area contributed by atoms with Gasteiger partial charge in [0.05, 0.1) is 53.8 Å². The number of methoxy groups -OCH3 is 1. The zero-order valence-electron chi connectivity index (χ0n) is 22.4. The molecule has 1 fully saturated rings. The van der Waals surface area contributed by atoms with E-state index in [2.05, 4.69) is 36.2 Å². The summed E-state index contributed by atoms with van der Waals surface area (Å²) < 4.78 is 11.4. The number of amides is 3. The van der Waals surface area contributed by atoms with Gasteiger partial charge in [0, 0.05) is 31.4 Å². The van der Waals surface area contributed by atoms with Crippen molar-refractivity contribution < 1.29 is 29.0 Å². The second-order valence-corrected chi connectivity index (χ2v) is 10.6. The molecule has 41 heavy (non-hydrogen) atoms. The molecule has 3 aromatic heterocycles. The molecule has 0 aliphatic carbocycles. The van der Waals surface area contributed by atoms with E-state index in [1.54, 1.807) is 24.4 Å². The molecule has 2 aliphatic rings. The van der Waals surface area contributed by atoms with Gasteiger partial charge in [-0.2, -0.15) is 0 Å². The summed E-state index contributed by atoms with van der Waals surface area (Å²) in [7, 11) is 1.51. The van der Waals surface area contributed by atoms with E-state index in [0.29, 0.717) is 53.6 Å². The molecule has 14 heteroatoms. The molecule has 1 unspecified atom stereocenters. The lowest BCUT2D eigenvalue weighted by Gasteiger charge is -2.36. The predicted molar refractivity (Wildman–Crippen MR) is 152 cm³/mol. The zero-order valence-corrected chi connectivity index (χ0v) is 23.2. The van der Waals surface area contributed by atoms with Crippen LogP contribution >= 0.6 is 11.8 Å². The Bertz CT molecular complexity index is 1440. The standard InChI is InChI=1S/C27H31N7O6S/c1-39-24-7-4-17-25(34-24)18(8-9-28-17)32-27(38)19-5-3-16(20(40-19)12-22(36)29-10-11-35)30-13-15-2-6-21-26(31-15)33-23(37)14-41-21/h2,4,6-9,16,19-20,30,35H,3,5,10-14H2,1H3,(H,29,36)(H,28,32,38)(H,31,33,37)/t16?,19-,20+/m1/s1. The van der Waals surface area contributed by atoms with Crippen molar-refractivity contribution in [1.29, 1.82) is 0 Å². The number of nitrogens with one attached hydrogen (secondary N) is 4. The summed E-state index contributed by atoms with van der Waals surface area (Å²) in [6.45, 7) is 0.327. The molecule has 2 aliphatic heterocycles. The van der Waals surface area contributed by atoms with Gasteiger partial charge in [-0.3, -0.25) is 19.4 Å². The van der Waals surface area contributed by atoms with Crippen molar-refractivity contribution >= 4 is 52.0 Å². The molecule has 0 aromatic carbocycles. The van der Waals surface area contributed by atoms with Crippen LogP contribution in [0.2, 0.25) is 0 Å². The van der Waals surface area contributed by atoms with Crippen LogP contribution in [0.1, 0.15) is 25.0 Å². The molecular formula is C27H31N7O6S. The Morgan fingerprint density at radius 1 is 1.20 bits per heavy atom. The van der Waals surface area contributed by atoms with Crippen molar-refractivity contribution in [2.24, 2.45) is 0 Å². The van der Waals surface area contributed by atoms with Crippen molar-refractivity contribution in [2.45, 2.75) is 49.0 Å². The van der Waals surface area contributed by atoms with Gasteiger partial charge in [0.15, 0.2) is 0 Å². The molecule has 3 amide bonds. The minimum atomic E-state index is -0.799. The van der Waals surface area contributed by atoms with Crippen LogP contribution in [-0.2, 0) is 25.7 Å². The summed E-state index contributed by atoms with van der Waals surface area (Å²) in [5.41, 5.74) is 2.29. The van der Waals surface area contributed by atoms with Gasteiger partial charge in [0.1, 0.15) is 17.4 Å². The first-order chi connectivity index (χ1) is 19.9. The number of fused-ring (bicyclic) bond motifs is 2. The maximum Gasteiger partial charge on any atom is 0.253 e. The van der Waals surface area contributed by atoms with Gasteiger partial charge in [-0.1, -0.05) is 0 Å². The highest BCUT2D eigenvalue weighted by Crippen LogP contribution is 2.30. The van der Waals surface area contributed by atoms with Crippen molar-refractivity contribution in [3.8, 4) is 5.88 Å². The van der Waals surface area contributed by atoms with E-state index in [1.165, 1.54) is 18.9 Å². The molecule has 0 radical (unpaired) electrons. The highest BCUT2D eigenvalue weighted by Gasteiger charge is 2.36. The van der Waals surface area contributed by atoms with E-state index < -0.39 is 12.2 Å². The monoisotopic (exact) mass is 581 g/mol. The van der Waals surface area contributed by atoms with Gasteiger partial charge in [-0.05, 0) is 37.1 Å². The minimum Gasteiger partial charge on any atom is -0.481 e. The lowest BCUT2D eigenvalue weighted by atomic mass is 9.95. The van der Waals surface area contributed by atoms with Gasteiger partial charge >= 0.3 is 0 Å². The number of carbonyl (C=O) groups is 3. The molecule has 5 N–H and O–H groups in total. The number of ether oxygens (including phenoxy) is 2. The Morgan fingerprint density at radius 2 is 2.07 bits per heavy atom. The van der Waals surface area contributed by atoms with Crippen LogP contribution in [0.4, 0.5) is 11.5 Å². The zero-order chi connectivity index (χ0) is 28.8. The van der Waals surface area contributed by atoms with Crippen LogP contribution in [0.25, 0.3) is 11.0 Å². The van der Waals surface area contributed by atoms with Gasteiger partial charge in [-0.15, -0.1) is 11.8 Å². The fraction of sp³-hybridized carbons (Fsp3) is 0.407. The second-order valence-electron chi connectivity index (χ2n) is 9.56. The van der Waals surface area contributed by atoms with Gasteiger partial charge in [0.2, 0.25) is 17.7 Å². The lowest BCUT2D eigenvalue weighted by molar-refractivity contribution is -0.143. The first kappa shape index (κ1) is 28.7. The maximum absolute atomic E-state index is 13.3. The van der Waals surface area contributed by atoms with Crippen molar-refractivity contribution in [3.63, 3.8) is 0 Å². The fourth-order valence-corrected chi connectivity index (χ4v) is 5.49. The number of rotatable bonds is 10. The highest BCUT2D eigenvalue weighted by molar-refractivity contribution is 8.00. The largest absolute Gasteiger partial charge is 0.481 e. The third-order valence-electron chi connectivity index (χ3n) is 6.74. The summed E-state index contributed by atoms with van der Waals surface area (Å²) in [4.78, 5) is 51.8. The minimum absolute atomic E-state index is 0.00268. The van der Waals surface area contributed by atoms with Crippen molar-refractivity contribution in [2.75, 3.05) is 36.6 Å². The molecule has 0 bridgehead atoms. The smallest absolute Gasteiger partial charge is 0.253 e. The Hall–Kier alpha value is -3.85. The van der Waals surface area contributed by atoms with Gasteiger partial charge in [0.25, 0.3) is 5.91 Å². The van der Waals surface area contributed by atoms with Gasteiger partial charge < -0.3 is 35.8 Å². The number of pyridine rings is 3. The number of nitrogens with zero attached hydrogens (tertiary/aromatic N) is 3. The van der Waals surface area contributed by atoms with Crippen molar-refractivity contribution in [1.82, 2.24) is 25.6 Å². The number of anilines is 2. The van der Waals surface area contributed by atoms with E-state index in [0.717, 1.165) is 10.6 Å². The summed E-state index contributed by atoms with van der Waals surface area (Å²) in [6.07, 6.45) is 1.16. The molecule has 0 spiro atoms. The number of thioether (sulfide) groups is 1. The Morgan fingerprint density at radius 3 is 2.90 bits per heavy atom. The third-order valence-corrected chi connectivity index (χ3v) is 7.79. The first-order valence-electron chi connectivity index (χ1n) is 13.2. The number of aliphatic hydroxyl groups excluding tert-OH is 1. The molecule has 216 valence electrons. The predicted octanol–water partition coefficient (Wildman–Crippen LogP) is 1.22.